The lowest BCUT2D eigenvalue weighted by atomic mass is 9.96. The van der Waals surface area contributed by atoms with Gasteiger partial charge in [-0.15, -0.1) is 11.3 Å². The smallest absolute Gasteiger partial charge is 0.257 e. The second kappa shape index (κ2) is 9.40. The van der Waals surface area contributed by atoms with Crippen molar-refractivity contribution in [1.29, 1.82) is 0 Å². The Kier molecular flexibility index (Phi) is 5.96. The van der Waals surface area contributed by atoms with Crippen LogP contribution in [0.3, 0.4) is 0 Å². The number of piperidine rings is 1. The summed E-state index contributed by atoms with van der Waals surface area (Å²) < 4.78 is 0. The van der Waals surface area contributed by atoms with Gasteiger partial charge in [-0.2, -0.15) is 5.10 Å². The number of nitrogens with one attached hydrogen (secondary N) is 1. The number of aromatic nitrogens is 2. The van der Waals surface area contributed by atoms with E-state index in [1.54, 1.807) is 16.3 Å². The molecule has 4 heterocycles. The number of carbonyl (C=O) groups is 1. The highest BCUT2D eigenvalue weighted by Crippen LogP contribution is 2.34. The first-order valence-electron chi connectivity index (χ1n) is 12.3. The molecule has 0 radical (unpaired) electrons. The van der Waals surface area contributed by atoms with E-state index in [1.807, 2.05) is 18.2 Å². The van der Waals surface area contributed by atoms with Crippen LogP contribution in [0.1, 0.15) is 53.1 Å². The van der Waals surface area contributed by atoms with Crippen LogP contribution in [0.5, 0.6) is 0 Å². The number of nitrogens with zero attached hydrogens (tertiary/aromatic N) is 4. The first kappa shape index (κ1) is 22.2. The summed E-state index contributed by atoms with van der Waals surface area (Å²) in [6.45, 7) is 4.26. The quantitative estimate of drug-likeness (QED) is 0.408. The average Bonchev–Trinajstić information content (AvgIpc) is 3.64. The maximum absolute atomic E-state index is 13.5. The van der Waals surface area contributed by atoms with Crippen molar-refractivity contribution >= 4 is 34.0 Å². The molecular formula is C28H29N5OS. The number of rotatable bonds is 5. The largest absolute Gasteiger partial charge is 0.342 e. The summed E-state index contributed by atoms with van der Waals surface area (Å²) in [5.74, 6) is 1.55. The molecule has 2 aliphatic rings. The molecule has 0 spiro atoms. The van der Waals surface area contributed by atoms with Crippen molar-refractivity contribution in [1.82, 2.24) is 19.9 Å². The maximum atomic E-state index is 13.5. The zero-order chi connectivity index (χ0) is 23.8. The standard InChI is InChI=1S/C28H29N5OS/c1-19-8-10-20(11-9-19)25-17-24(26-7-4-16-35-26)31-33(25)27(34)18-32-14-12-21(13-15-32)28-29-22-5-2-3-6-23(22)30-28/h2-11,16,21,25H,12-15,17-18H2,1H3,(H,29,30)/t25-/m1/s1. The van der Waals surface area contributed by atoms with Gasteiger partial charge in [-0.25, -0.2) is 9.99 Å². The van der Waals surface area contributed by atoms with Crippen molar-refractivity contribution in [2.75, 3.05) is 19.6 Å². The number of aryl methyl sites for hydroxylation is 1. The number of hydrazone groups is 1. The second-order valence-electron chi connectivity index (χ2n) is 9.58. The van der Waals surface area contributed by atoms with Crippen LogP contribution in [-0.2, 0) is 4.79 Å². The van der Waals surface area contributed by atoms with Crippen molar-refractivity contribution in [2.24, 2.45) is 5.10 Å². The molecule has 35 heavy (non-hydrogen) atoms. The van der Waals surface area contributed by atoms with E-state index >= 15 is 0 Å². The first-order chi connectivity index (χ1) is 17.1. The summed E-state index contributed by atoms with van der Waals surface area (Å²) >= 11 is 1.68. The Balaban J connectivity index is 1.14. The summed E-state index contributed by atoms with van der Waals surface area (Å²) in [5, 5.41) is 8.64. The Morgan fingerprint density at radius 1 is 1.06 bits per heavy atom. The molecule has 6 rings (SSSR count). The number of thiophene rings is 1. The summed E-state index contributed by atoms with van der Waals surface area (Å²) in [4.78, 5) is 25.2. The Labute approximate surface area is 209 Å². The van der Waals surface area contributed by atoms with Crippen molar-refractivity contribution in [2.45, 2.75) is 38.1 Å². The van der Waals surface area contributed by atoms with Crippen LogP contribution in [0.25, 0.3) is 11.0 Å². The number of amides is 1. The lowest BCUT2D eigenvalue weighted by Crippen LogP contribution is -2.41. The molecule has 1 fully saturated rings. The van der Waals surface area contributed by atoms with Crippen LogP contribution >= 0.6 is 11.3 Å². The Bertz CT molecular complexity index is 1320. The number of hydrogen-bond acceptors (Lipinski definition) is 5. The molecule has 0 aliphatic carbocycles. The van der Waals surface area contributed by atoms with E-state index < -0.39 is 0 Å². The van der Waals surface area contributed by atoms with Gasteiger partial charge in [0.2, 0.25) is 0 Å². The molecule has 2 aromatic heterocycles. The highest BCUT2D eigenvalue weighted by Gasteiger charge is 2.34. The zero-order valence-electron chi connectivity index (χ0n) is 19.9. The third-order valence-electron chi connectivity index (χ3n) is 7.17. The van der Waals surface area contributed by atoms with Gasteiger partial charge in [0.25, 0.3) is 5.91 Å². The third-order valence-corrected chi connectivity index (χ3v) is 8.09. The molecular weight excluding hydrogens is 454 g/mol. The molecule has 0 unspecified atom stereocenters. The van der Waals surface area contributed by atoms with Gasteiger partial charge in [-0.1, -0.05) is 48.0 Å². The topological polar surface area (TPSA) is 64.6 Å². The van der Waals surface area contributed by atoms with Crippen molar-refractivity contribution in [3.63, 3.8) is 0 Å². The predicted molar refractivity (Wildman–Crippen MR) is 141 cm³/mol. The third kappa shape index (κ3) is 4.54. The normalized spacial score (nSPS) is 19.4. The number of aromatic amines is 1. The molecule has 4 aromatic rings. The predicted octanol–water partition coefficient (Wildman–Crippen LogP) is 5.49. The fraction of sp³-hybridized carbons (Fsp3) is 0.321. The fourth-order valence-electron chi connectivity index (χ4n) is 5.17. The van der Waals surface area contributed by atoms with Gasteiger partial charge in [0.15, 0.2) is 0 Å². The van der Waals surface area contributed by atoms with E-state index in [1.165, 1.54) is 5.56 Å². The van der Waals surface area contributed by atoms with Crippen molar-refractivity contribution in [3.8, 4) is 0 Å². The molecule has 1 saturated heterocycles. The van der Waals surface area contributed by atoms with Crippen LogP contribution in [0.15, 0.2) is 71.1 Å². The van der Waals surface area contributed by atoms with E-state index in [-0.39, 0.29) is 11.9 Å². The van der Waals surface area contributed by atoms with Gasteiger partial charge in [-0.3, -0.25) is 9.69 Å². The molecule has 1 N–H and O–H groups in total. The van der Waals surface area contributed by atoms with Crippen LogP contribution < -0.4 is 0 Å². The maximum Gasteiger partial charge on any atom is 0.257 e. The number of carbonyl (C=O) groups excluding carboxylic acids is 1. The summed E-state index contributed by atoms with van der Waals surface area (Å²) in [6, 6.07) is 20.8. The second-order valence-corrected chi connectivity index (χ2v) is 10.5. The molecule has 7 heteroatoms. The van der Waals surface area contributed by atoms with Crippen LogP contribution in [0, 0.1) is 6.92 Å². The minimum absolute atomic E-state index is 0.0479. The van der Waals surface area contributed by atoms with Gasteiger partial charge in [-0.05, 0) is 62.0 Å². The number of H-pyrrole nitrogens is 1. The molecule has 1 atom stereocenters. The SMILES string of the molecule is Cc1ccc([C@H]2CC(c3cccs3)=NN2C(=O)CN2CCC(c3nc4ccccc4[nH]3)CC2)cc1. The average molecular weight is 484 g/mol. The van der Waals surface area contributed by atoms with Crippen LogP contribution in [0.2, 0.25) is 0 Å². The number of fused-ring (bicyclic) bond motifs is 1. The molecule has 2 aromatic carbocycles. The molecule has 6 nitrogen and oxygen atoms in total. The number of benzene rings is 2. The first-order valence-corrected chi connectivity index (χ1v) is 13.2. The van der Waals surface area contributed by atoms with E-state index in [4.69, 9.17) is 10.1 Å². The lowest BCUT2D eigenvalue weighted by Gasteiger charge is -2.32. The lowest BCUT2D eigenvalue weighted by molar-refractivity contribution is -0.134. The van der Waals surface area contributed by atoms with E-state index in [0.717, 1.165) is 65.4 Å². The fourth-order valence-corrected chi connectivity index (χ4v) is 5.90. The summed E-state index contributed by atoms with van der Waals surface area (Å²) in [5.41, 5.74) is 5.48. The molecule has 1 amide bonds. The Morgan fingerprint density at radius 2 is 1.86 bits per heavy atom. The van der Waals surface area contributed by atoms with Gasteiger partial charge >= 0.3 is 0 Å². The van der Waals surface area contributed by atoms with Crippen LogP contribution in [-0.4, -0.2) is 51.1 Å². The Hall–Kier alpha value is -3.29. The number of para-hydroxylation sites is 2. The summed E-state index contributed by atoms with van der Waals surface area (Å²) in [6.07, 6.45) is 2.75. The minimum Gasteiger partial charge on any atom is -0.342 e. The van der Waals surface area contributed by atoms with Crippen LogP contribution in [0.4, 0.5) is 0 Å². The van der Waals surface area contributed by atoms with Gasteiger partial charge in [0, 0.05) is 12.3 Å². The number of imidazole rings is 1. The van der Waals surface area contributed by atoms with E-state index in [0.29, 0.717) is 12.5 Å². The highest BCUT2D eigenvalue weighted by molar-refractivity contribution is 7.12. The molecule has 0 bridgehead atoms. The molecule has 178 valence electrons. The number of likely N-dealkylation sites (tertiary alicyclic amines) is 1. The highest BCUT2D eigenvalue weighted by atomic mass is 32.1. The van der Waals surface area contributed by atoms with Gasteiger partial charge < -0.3 is 4.98 Å². The molecule has 0 saturated carbocycles. The van der Waals surface area contributed by atoms with Crippen molar-refractivity contribution in [3.05, 3.63) is 87.9 Å². The Morgan fingerprint density at radius 3 is 2.60 bits per heavy atom. The molecule has 2 aliphatic heterocycles. The summed E-state index contributed by atoms with van der Waals surface area (Å²) in [7, 11) is 0. The van der Waals surface area contributed by atoms with Gasteiger partial charge in [0.05, 0.1) is 34.2 Å². The van der Waals surface area contributed by atoms with E-state index in [2.05, 4.69) is 64.7 Å². The number of hydrogen-bond donors (Lipinski definition) is 1. The zero-order valence-corrected chi connectivity index (χ0v) is 20.7. The minimum atomic E-state index is -0.0479. The van der Waals surface area contributed by atoms with Gasteiger partial charge in [0.1, 0.15) is 5.82 Å². The van der Waals surface area contributed by atoms with Crippen molar-refractivity contribution < 1.29 is 4.79 Å². The monoisotopic (exact) mass is 483 g/mol. The van der Waals surface area contributed by atoms with E-state index in [9.17, 15) is 4.79 Å².